The molecule has 0 radical (unpaired) electrons. The lowest BCUT2D eigenvalue weighted by atomic mass is 10.1. The number of aliphatic hydroxyl groups is 1. The second-order valence-electron chi connectivity index (χ2n) is 5.99. The molecule has 0 fully saturated rings. The van der Waals surface area contributed by atoms with Gasteiger partial charge in [0.05, 0.1) is 12.4 Å². The van der Waals surface area contributed by atoms with Gasteiger partial charge in [0.15, 0.2) is 0 Å². The van der Waals surface area contributed by atoms with E-state index in [9.17, 15) is 9.90 Å². The van der Waals surface area contributed by atoms with Crippen molar-refractivity contribution in [1.82, 2.24) is 14.9 Å². The average Bonchev–Trinajstić information content (AvgIpc) is 3.14. The van der Waals surface area contributed by atoms with Crippen molar-refractivity contribution >= 4 is 5.91 Å². The molecule has 1 atom stereocenters. The molecular formula is C20H21N3O2. The summed E-state index contributed by atoms with van der Waals surface area (Å²) >= 11 is 0. The third-order valence-electron chi connectivity index (χ3n) is 3.95. The first-order chi connectivity index (χ1) is 12.2. The van der Waals surface area contributed by atoms with Crippen LogP contribution in [0.3, 0.4) is 0 Å². The Morgan fingerprint density at radius 3 is 2.52 bits per heavy atom. The van der Waals surface area contributed by atoms with E-state index in [1.807, 2.05) is 53.2 Å². The molecule has 1 aromatic heterocycles. The van der Waals surface area contributed by atoms with Gasteiger partial charge in [-0.3, -0.25) is 4.79 Å². The Hall–Kier alpha value is -2.92. The minimum atomic E-state index is -0.605. The molecule has 0 saturated carbocycles. The summed E-state index contributed by atoms with van der Waals surface area (Å²) in [4.78, 5) is 16.2. The number of aliphatic hydroxyl groups excluding tert-OH is 1. The molecule has 2 aromatic carbocycles. The zero-order chi connectivity index (χ0) is 17.5. The summed E-state index contributed by atoms with van der Waals surface area (Å²) < 4.78 is 1.97. The van der Waals surface area contributed by atoms with Crippen LogP contribution in [-0.2, 0) is 13.0 Å². The minimum Gasteiger partial charge on any atom is -0.391 e. The molecule has 0 aliphatic carbocycles. The molecule has 3 aromatic rings. The van der Waals surface area contributed by atoms with Gasteiger partial charge in [-0.05, 0) is 23.3 Å². The second kappa shape index (κ2) is 8.26. The highest BCUT2D eigenvalue weighted by molar-refractivity contribution is 5.94. The highest BCUT2D eigenvalue weighted by atomic mass is 16.3. The predicted molar refractivity (Wildman–Crippen MR) is 96.3 cm³/mol. The van der Waals surface area contributed by atoms with Gasteiger partial charge in [0.25, 0.3) is 5.91 Å². The van der Waals surface area contributed by atoms with Gasteiger partial charge in [-0.2, -0.15) is 0 Å². The van der Waals surface area contributed by atoms with Crippen molar-refractivity contribution in [1.29, 1.82) is 0 Å². The summed E-state index contributed by atoms with van der Waals surface area (Å²) in [6, 6.07) is 17.2. The van der Waals surface area contributed by atoms with E-state index in [4.69, 9.17) is 0 Å². The van der Waals surface area contributed by atoms with E-state index in [-0.39, 0.29) is 12.5 Å². The summed E-state index contributed by atoms with van der Waals surface area (Å²) in [6.07, 6.45) is 5.31. The lowest BCUT2D eigenvalue weighted by Gasteiger charge is -2.12. The molecule has 0 bridgehead atoms. The molecule has 5 nitrogen and oxygen atoms in total. The van der Waals surface area contributed by atoms with E-state index < -0.39 is 6.10 Å². The lowest BCUT2D eigenvalue weighted by molar-refractivity contribution is 0.0916. The van der Waals surface area contributed by atoms with Crippen LogP contribution in [0.4, 0.5) is 0 Å². The van der Waals surface area contributed by atoms with Crippen molar-refractivity contribution in [3.05, 3.63) is 90.0 Å². The Balaban J connectivity index is 1.49. The zero-order valence-corrected chi connectivity index (χ0v) is 13.9. The number of carbonyl (C=O) groups excluding carboxylic acids is 1. The second-order valence-corrected chi connectivity index (χ2v) is 5.99. The maximum Gasteiger partial charge on any atom is 0.251 e. The molecule has 0 aliphatic heterocycles. The third kappa shape index (κ3) is 5.02. The number of amides is 1. The predicted octanol–water partition coefficient (Wildman–Crippen LogP) is 2.26. The largest absolute Gasteiger partial charge is 0.391 e. The Morgan fingerprint density at radius 2 is 1.84 bits per heavy atom. The number of nitrogens with zero attached hydrogens (tertiary/aromatic N) is 2. The third-order valence-corrected chi connectivity index (χ3v) is 3.95. The van der Waals surface area contributed by atoms with Gasteiger partial charge in [0.2, 0.25) is 0 Å². The lowest BCUT2D eigenvalue weighted by Crippen LogP contribution is -2.33. The summed E-state index contributed by atoms with van der Waals surface area (Å²) in [5.74, 6) is -0.179. The maximum atomic E-state index is 12.2. The van der Waals surface area contributed by atoms with Crippen LogP contribution in [0.1, 0.15) is 21.5 Å². The van der Waals surface area contributed by atoms with Gasteiger partial charge in [-0.1, -0.05) is 42.5 Å². The van der Waals surface area contributed by atoms with E-state index in [1.54, 1.807) is 24.7 Å². The van der Waals surface area contributed by atoms with Crippen LogP contribution < -0.4 is 5.32 Å². The van der Waals surface area contributed by atoms with Gasteiger partial charge < -0.3 is 15.0 Å². The van der Waals surface area contributed by atoms with Crippen LogP contribution >= 0.6 is 0 Å². The van der Waals surface area contributed by atoms with Crippen LogP contribution in [0.25, 0.3) is 0 Å². The summed E-state index contributed by atoms with van der Waals surface area (Å²) in [5.41, 5.74) is 2.73. The Morgan fingerprint density at radius 1 is 1.08 bits per heavy atom. The molecule has 128 valence electrons. The number of rotatable bonds is 7. The van der Waals surface area contributed by atoms with Crippen LogP contribution in [0, 0.1) is 0 Å². The Bertz CT molecular complexity index is 784. The standard InChI is InChI=1S/C20H21N3O2/c24-19(12-16-4-2-1-3-5-16)13-22-20(25)18-8-6-17(7-9-18)14-23-11-10-21-15-23/h1-11,15,19,24H,12-14H2,(H,22,25)/t19-/m0/s1. The fourth-order valence-electron chi connectivity index (χ4n) is 2.62. The molecule has 0 unspecified atom stereocenters. The fourth-order valence-corrected chi connectivity index (χ4v) is 2.62. The number of hydrogen-bond acceptors (Lipinski definition) is 3. The highest BCUT2D eigenvalue weighted by Gasteiger charge is 2.10. The van der Waals surface area contributed by atoms with Gasteiger partial charge in [-0.15, -0.1) is 0 Å². The fraction of sp³-hybridized carbons (Fsp3) is 0.200. The van der Waals surface area contributed by atoms with Crippen molar-refractivity contribution in [2.24, 2.45) is 0 Å². The Labute approximate surface area is 147 Å². The monoisotopic (exact) mass is 335 g/mol. The van der Waals surface area contributed by atoms with Crippen molar-refractivity contribution in [2.75, 3.05) is 6.54 Å². The van der Waals surface area contributed by atoms with Crippen LogP contribution in [0.15, 0.2) is 73.3 Å². The molecule has 0 aliphatic rings. The quantitative estimate of drug-likeness (QED) is 0.696. The summed E-state index contributed by atoms with van der Waals surface area (Å²) in [7, 11) is 0. The first-order valence-corrected chi connectivity index (χ1v) is 8.25. The Kier molecular flexibility index (Phi) is 5.59. The number of aromatic nitrogens is 2. The van der Waals surface area contributed by atoms with E-state index in [2.05, 4.69) is 10.3 Å². The number of carbonyl (C=O) groups is 1. The topological polar surface area (TPSA) is 67.2 Å². The van der Waals surface area contributed by atoms with Crippen molar-refractivity contribution in [3.63, 3.8) is 0 Å². The smallest absolute Gasteiger partial charge is 0.251 e. The van der Waals surface area contributed by atoms with Gasteiger partial charge in [0.1, 0.15) is 0 Å². The van der Waals surface area contributed by atoms with E-state index in [0.29, 0.717) is 12.0 Å². The van der Waals surface area contributed by atoms with Gasteiger partial charge >= 0.3 is 0 Å². The van der Waals surface area contributed by atoms with Gasteiger partial charge in [0, 0.05) is 37.5 Å². The van der Waals surface area contributed by atoms with Crippen LogP contribution in [0.5, 0.6) is 0 Å². The molecule has 1 amide bonds. The number of benzene rings is 2. The van der Waals surface area contributed by atoms with E-state index in [1.165, 1.54) is 0 Å². The molecule has 1 heterocycles. The highest BCUT2D eigenvalue weighted by Crippen LogP contribution is 2.07. The molecule has 25 heavy (non-hydrogen) atoms. The molecule has 0 spiro atoms. The molecular weight excluding hydrogens is 314 g/mol. The van der Waals surface area contributed by atoms with E-state index in [0.717, 1.165) is 17.7 Å². The zero-order valence-electron chi connectivity index (χ0n) is 13.9. The molecule has 0 saturated heterocycles. The maximum absolute atomic E-state index is 12.2. The van der Waals surface area contributed by atoms with Crippen molar-refractivity contribution in [2.45, 2.75) is 19.1 Å². The van der Waals surface area contributed by atoms with Crippen LogP contribution in [0.2, 0.25) is 0 Å². The molecule has 3 rings (SSSR count). The summed E-state index contributed by atoms with van der Waals surface area (Å²) in [6.45, 7) is 0.947. The van der Waals surface area contributed by atoms with Gasteiger partial charge in [-0.25, -0.2) is 4.98 Å². The SMILES string of the molecule is O=C(NC[C@@H](O)Cc1ccccc1)c1ccc(Cn2ccnc2)cc1. The number of imidazole rings is 1. The summed E-state index contributed by atoms with van der Waals surface area (Å²) in [5, 5.41) is 12.8. The van der Waals surface area contributed by atoms with Crippen LogP contribution in [-0.4, -0.2) is 33.2 Å². The average molecular weight is 335 g/mol. The first-order valence-electron chi connectivity index (χ1n) is 8.25. The molecule has 5 heteroatoms. The van der Waals surface area contributed by atoms with Crippen molar-refractivity contribution < 1.29 is 9.90 Å². The number of hydrogen-bond donors (Lipinski definition) is 2. The first kappa shape index (κ1) is 16.9. The van der Waals surface area contributed by atoms with E-state index >= 15 is 0 Å². The normalized spacial score (nSPS) is 11.9. The van der Waals surface area contributed by atoms with Crippen molar-refractivity contribution in [3.8, 4) is 0 Å². The number of nitrogens with one attached hydrogen (secondary N) is 1. The minimum absolute atomic E-state index is 0.179. The molecule has 2 N–H and O–H groups in total.